The van der Waals surface area contributed by atoms with Crippen molar-refractivity contribution < 1.29 is 4.42 Å². The molecule has 3 aromatic heterocycles. The van der Waals surface area contributed by atoms with Gasteiger partial charge in [0.05, 0.1) is 12.0 Å². The van der Waals surface area contributed by atoms with Gasteiger partial charge in [-0.25, -0.2) is 4.68 Å². The smallest absolute Gasteiger partial charge is 0.232 e. The fourth-order valence-electron chi connectivity index (χ4n) is 2.71. The normalized spacial score (nSPS) is 10.9. The number of nitrogens with one attached hydrogen (secondary N) is 1. The van der Waals surface area contributed by atoms with E-state index in [1.807, 2.05) is 30.3 Å². The Morgan fingerprint density at radius 3 is 2.86 bits per heavy atom. The first-order valence-electron chi connectivity index (χ1n) is 8.98. The summed E-state index contributed by atoms with van der Waals surface area (Å²) in [5.41, 5.74) is 8.00. The van der Waals surface area contributed by atoms with Crippen LogP contribution in [0.5, 0.6) is 0 Å². The lowest BCUT2D eigenvalue weighted by Crippen LogP contribution is -2.08. The number of hydrogen-bond donors (Lipinski definition) is 2. The van der Waals surface area contributed by atoms with Crippen molar-refractivity contribution in [2.24, 2.45) is 0 Å². The molecule has 3 N–H and O–H groups in total. The first-order chi connectivity index (χ1) is 14.2. The quantitative estimate of drug-likeness (QED) is 0.418. The van der Waals surface area contributed by atoms with Crippen molar-refractivity contribution in [1.82, 2.24) is 35.2 Å². The molecule has 0 saturated carbocycles. The monoisotopic (exact) mass is 409 g/mol. The summed E-state index contributed by atoms with van der Waals surface area (Å²) in [6.07, 6.45) is 2.51. The highest BCUT2D eigenvalue weighted by Crippen LogP contribution is 2.22. The van der Waals surface area contributed by atoms with Gasteiger partial charge >= 0.3 is 0 Å². The van der Waals surface area contributed by atoms with E-state index < -0.39 is 0 Å². The summed E-state index contributed by atoms with van der Waals surface area (Å²) in [7, 11) is 0. The Balaban J connectivity index is 1.47. The maximum atomic E-state index is 5.88. The Labute approximate surface area is 171 Å². The Kier molecular flexibility index (Phi) is 5.66. The van der Waals surface area contributed by atoms with Crippen molar-refractivity contribution in [3.8, 4) is 0 Å². The average Bonchev–Trinajstić information content (AvgIpc) is 3.39. The summed E-state index contributed by atoms with van der Waals surface area (Å²) in [6, 6.07) is 11.7. The van der Waals surface area contributed by atoms with Gasteiger partial charge in [-0.3, -0.25) is 0 Å². The number of tetrazole rings is 1. The molecule has 148 valence electrons. The summed E-state index contributed by atoms with van der Waals surface area (Å²) in [5.74, 6) is 2.30. The van der Waals surface area contributed by atoms with Gasteiger partial charge in [-0.05, 0) is 40.6 Å². The molecule has 4 aromatic rings. The molecule has 10 nitrogen and oxygen atoms in total. The molecule has 0 bridgehead atoms. The number of thioether (sulfide) groups is 1. The van der Waals surface area contributed by atoms with Gasteiger partial charge in [0.1, 0.15) is 18.1 Å². The number of rotatable bonds is 8. The average molecular weight is 409 g/mol. The Hall–Kier alpha value is -3.47. The van der Waals surface area contributed by atoms with Crippen LogP contribution in [-0.2, 0) is 18.7 Å². The van der Waals surface area contributed by atoms with Gasteiger partial charge in [0, 0.05) is 5.69 Å². The van der Waals surface area contributed by atoms with Crippen LogP contribution in [0.1, 0.15) is 24.1 Å². The van der Waals surface area contributed by atoms with E-state index in [0.717, 1.165) is 17.9 Å². The number of aromatic nitrogens is 7. The second-order valence-corrected chi connectivity index (χ2v) is 7.00. The number of nitrogens with two attached hydrogens (primary N) is 1. The molecule has 1 aromatic carbocycles. The highest BCUT2D eigenvalue weighted by molar-refractivity contribution is 7.98. The lowest BCUT2D eigenvalue weighted by Gasteiger charge is -2.10. The summed E-state index contributed by atoms with van der Waals surface area (Å²) in [5, 5.41) is 15.6. The third kappa shape index (κ3) is 4.69. The standard InChI is InChI=1S/C18H19N9OS/c1-2-12-6-3-4-8-14(12)20-17-22-15(21-16(19)23-17)11-29-18-24-25-26-27(18)10-13-7-5-9-28-13/h3-9H,2,10-11H2,1H3,(H3,19,20,21,22,23). The van der Waals surface area contributed by atoms with E-state index in [2.05, 4.69) is 48.8 Å². The van der Waals surface area contributed by atoms with Crippen LogP contribution in [0.3, 0.4) is 0 Å². The number of aryl methyl sites for hydroxylation is 1. The zero-order chi connectivity index (χ0) is 20.1. The molecule has 11 heteroatoms. The minimum Gasteiger partial charge on any atom is -0.467 e. The van der Waals surface area contributed by atoms with Crippen LogP contribution in [0.15, 0.2) is 52.2 Å². The SMILES string of the molecule is CCc1ccccc1Nc1nc(N)nc(CSc2nnnn2Cc2ccco2)n1. The highest BCUT2D eigenvalue weighted by Gasteiger charge is 2.12. The minimum atomic E-state index is 0.155. The Morgan fingerprint density at radius 2 is 2.03 bits per heavy atom. The van der Waals surface area contributed by atoms with E-state index in [1.54, 1.807) is 10.9 Å². The van der Waals surface area contributed by atoms with Gasteiger partial charge < -0.3 is 15.5 Å². The van der Waals surface area contributed by atoms with Crippen LogP contribution in [-0.4, -0.2) is 35.2 Å². The minimum absolute atomic E-state index is 0.155. The fourth-order valence-corrected chi connectivity index (χ4v) is 3.44. The molecule has 0 unspecified atom stereocenters. The van der Waals surface area contributed by atoms with Crippen LogP contribution >= 0.6 is 11.8 Å². The number of para-hydroxylation sites is 1. The summed E-state index contributed by atoms with van der Waals surface area (Å²) >= 11 is 1.41. The predicted molar refractivity (Wildman–Crippen MR) is 109 cm³/mol. The molecule has 0 amide bonds. The lowest BCUT2D eigenvalue weighted by atomic mass is 10.1. The van der Waals surface area contributed by atoms with Crippen molar-refractivity contribution in [3.63, 3.8) is 0 Å². The van der Waals surface area contributed by atoms with Gasteiger partial charge in [0.15, 0.2) is 0 Å². The highest BCUT2D eigenvalue weighted by atomic mass is 32.2. The van der Waals surface area contributed by atoms with Gasteiger partial charge in [-0.15, -0.1) is 5.10 Å². The molecule has 3 heterocycles. The molecule has 0 aliphatic rings. The molecule has 0 radical (unpaired) electrons. The van der Waals surface area contributed by atoms with Gasteiger partial charge in [0.2, 0.25) is 17.1 Å². The summed E-state index contributed by atoms with van der Waals surface area (Å²) < 4.78 is 7.01. The molecular weight excluding hydrogens is 390 g/mol. The molecule has 0 spiro atoms. The molecule has 0 aliphatic carbocycles. The largest absolute Gasteiger partial charge is 0.467 e. The van der Waals surface area contributed by atoms with E-state index in [1.165, 1.54) is 17.3 Å². The van der Waals surface area contributed by atoms with Crippen LogP contribution in [0.25, 0.3) is 0 Å². The molecule has 0 aliphatic heterocycles. The molecule has 0 atom stereocenters. The van der Waals surface area contributed by atoms with Crippen molar-refractivity contribution in [2.75, 3.05) is 11.1 Å². The molecule has 0 fully saturated rings. The van der Waals surface area contributed by atoms with Crippen LogP contribution in [0.4, 0.5) is 17.6 Å². The van der Waals surface area contributed by atoms with Crippen molar-refractivity contribution >= 4 is 29.3 Å². The van der Waals surface area contributed by atoms with Gasteiger partial charge in [-0.1, -0.05) is 36.9 Å². The van der Waals surface area contributed by atoms with E-state index in [4.69, 9.17) is 10.2 Å². The molecule has 29 heavy (non-hydrogen) atoms. The van der Waals surface area contributed by atoms with E-state index in [-0.39, 0.29) is 5.95 Å². The van der Waals surface area contributed by atoms with Crippen molar-refractivity contribution in [2.45, 2.75) is 30.8 Å². The maximum absolute atomic E-state index is 5.88. The topological polar surface area (TPSA) is 133 Å². The summed E-state index contributed by atoms with van der Waals surface area (Å²) in [4.78, 5) is 12.9. The number of hydrogen-bond acceptors (Lipinski definition) is 10. The number of benzene rings is 1. The predicted octanol–water partition coefficient (Wildman–Crippen LogP) is 2.68. The van der Waals surface area contributed by atoms with E-state index >= 15 is 0 Å². The van der Waals surface area contributed by atoms with Crippen LogP contribution in [0, 0.1) is 0 Å². The zero-order valence-electron chi connectivity index (χ0n) is 15.7. The molecule has 4 rings (SSSR count). The Morgan fingerprint density at radius 1 is 1.14 bits per heavy atom. The molecular formula is C18H19N9OS. The molecule has 0 saturated heterocycles. The van der Waals surface area contributed by atoms with Crippen molar-refractivity contribution in [1.29, 1.82) is 0 Å². The third-order valence-corrected chi connectivity index (χ3v) is 5.01. The number of nitrogens with zero attached hydrogens (tertiary/aromatic N) is 7. The van der Waals surface area contributed by atoms with Crippen LogP contribution in [0.2, 0.25) is 0 Å². The first-order valence-corrected chi connectivity index (χ1v) is 9.96. The maximum Gasteiger partial charge on any atom is 0.232 e. The van der Waals surface area contributed by atoms with Gasteiger partial charge in [0.25, 0.3) is 0 Å². The van der Waals surface area contributed by atoms with E-state index in [0.29, 0.717) is 29.2 Å². The Bertz CT molecular complexity index is 1080. The third-order valence-electron chi connectivity index (χ3n) is 4.06. The second-order valence-electron chi connectivity index (χ2n) is 6.06. The number of furan rings is 1. The van der Waals surface area contributed by atoms with E-state index in [9.17, 15) is 0 Å². The lowest BCUT2D eigenvalue weighted by molar-refractivity contribution is 0.462. The van der Waals surface area contributed by atoms with Gasteiger partial charge in [-0.2, -0.15) is 15.0 Å². The first kappa shape index (κ1) is 18.9. The van der Waals surface area contributed by atoms with Crippen LogP contribution < -0.4 is 11.1 Å². The van der Waals surface area contributed by atoms with Crippen molar-refractivity contribution in [3.05, 3.63) is 59.8 Å². The zero-order valence-corrected chi connectivity index (χ0v) is 16.5. The number of nitrogen functional groups attached to an aromatic ring is 1. The number of anilines is 3. The second kappa shape index (κ2) is 8.69. The summed E-state index contributed by atoms with van der Waals surface area (Å²) in [6.45, 7) is 2.54. The fraction of sp³-hybridized carbons (Fsp3) is 0.222.